The van der Waals surface area contributed by atoms with E-state index in [1.807, 2.05) is 38.1 Å². The highest BCUT2D eigenvalue weighted by atomic mass is 16.5. The SMILES string of the molecule is CC(C)c1nc(OCCc2ccccc2N)cc(=O)[nH]1. The summed E-state index contributed by atoms with van der Waals surface area (Å²) in [7, 11) is 0. The smallest absolute Gasteiger partial charge is 0.254 e. The maximum atomic E-state index is 11.5. The number of nitrogen functional groups attached to an aromatic ring is 1. The van der Waals surface area contributed by atoms with Gasteiger partial charge in [-0.2, -0.15) is 4.98 Å². The molecule has 1 aromatic heterocycles. The molecule has 0 saturated heterocycles. The van der Waals surface area contributed by atoms with Gasteiger partial charge in [-0.05, 0) is 11.6 Å². The fourth-order valence-corrected chi connectivity index (χ4v) is 1.83. The fraction of sp³-hybridized carbons (Fsp3) is 0.333. The zero-order valence-electron chi connectivity index (χ0n) is 11.7. The predicted octanol–water partition coefficient (Wildman–Crippen LogP) is 2.10. The number of ether oxygens (including phenoxy) is 1. The number of anilines is 1. The first-order valence-electron chi connectivity index (χ1n) is 6.63. The van der Waals surface area contributed by atoms with E-state index in [2.05, 4.69) is 9.97 Å². The van der Waals surface area contributed by atoms with Crippen molar-refractivity contribution in [3.05, 3.63) is 52.1 Å². The lowest BCUT2D eigenvalue weighted by Crippen LogP contribution is -2.14. The molecule has 0 fully saturated rings. The van der Waals surface area contributed by atoms with Crippen LogP contribution in [0.2, 0.25) is 0 Å². The molecule has 0 saturated carbocycles. The first-order chi connectivity index (χ1) is 9.56. The van der Waals surface area contributed by atoms with Gasteiger partial charge in [0.15, 0.2) is 0 Å². The standard InChI is InChI=1S/C15H19N3O2/c1-10(2)15-17-13(19)9-14(18-15)20-8-7-11-5-3-4-6-12(11)16/h3-6,9-10H,7-8,16H2,1-2H3,(H,17,18,19). The number of para-hydroxylation sites is 1. The van der Waals surface area contributed by atoms with Crippen LogP contribution in [-0.4, -0.2) is 16.6 Å². The molecule has 0 atom stereocenters. The molecule has 0 bridgehead atoms. The number of aromatic amines is 1. The molecule has 1 heterocycles. The summed E-state index contributed by atoms with van der Waals surface area (Å²) in [5.74, 6) is 1.13. The van der Waals surface area contributed by atoms with Crippen molar-refractivity contribution in [3.8, 4) is 5.88 Å². The van der Waals surface area contributed by atoms with Crippen molar-refractivity contribution >= 4 is 5.69 Å². The Morgan fingerprint density at radius 3 is 2.80 bits per heavy atom. The lowest BCUT2D eigenvalue weighted by atomic mass is 10.1. The quantitative estimate of drug-likeness (QED) is 0.817. The molecule has 5 nitrogen and oxygen atoms in total. The summed E-state index contributed by atoms with van der Waals surface area (Å²) < 4.78 is 5.55. The van der Waals surface area contributed by atoms with Gasteiger partial charge in [0.1, 0.15) is 5.82 Å². The predicted molar refractivity (Wildman–Crippen MR) is 79.0 cm³/mol. The van der Waals surface area contributed by atoms with E-state index >= 15 is 0 Å². The van der Waals surface area contributed by atoms with Crippen molar-refractivity contribution in [2.75, 3.05) is 12.3 Å². The van der Waals surface area contributed by atoms with E-state index in [4.69, 9.17) is 10.5 Å². The Kier molecular flexibility index (Phi) is 4.40. The summed E-state index contributed by atoms with van der Waals surface area (Å²) in [4.78, 5) is 18.5. The number of nitrogens with zero attached hydrogens (tertiary/aromatic N) is 1. The van der Waals surface area contributed by atoms with Crippen LogP contribution in [0.25, 0.3) is 0 Å². The lowest BCUT2D eigenvalue weighted by Gasteiger charge is -2.09. The maximum Gasteiger partial charge on any atom is 0.254 e. The Morgan fingerprint density at radius 1 is 1.35 bits per heavy atom. The molecule has 5 heteroatoms. The molecule has 106 valence electrons. The Bertz CT molecular complexity index is 635. The number of aromatic nitrogens is 2. The molecular formula is C15H19N3O2. The van der Waals surface area contributed by atoms with Crippen LogP contribution in [0.5, 0.6) is 5.88 Å². The number of nitrogens with two attached hydrogens (primary N) is 1. The van der Waals surface area contributed by atoms with Gasteiger partial charge in [-0.25, -0.2) is 0 Å². The summed E-state index contributed by atoms with van der Waals surface area (Å²) >= 11 is 0. The fourth-order valence-electron chi connectivity index (χ4n) is 1.83. The van der Waals surface area contributed by atoms with Crippen LogP contribution in [0.3, 0.4) is 0 Å². The first kappa shape index (κ1) is 14.1. The van der Waals surface area contributed by atoms with E-state index in [1.54, 1.807) is 0 Å². The summed E-state index contributed by atoms with van der Waals surface area (Å²) in [5, 5.41) is 0. The minimum Gasteiger partial charge on any atom is -0.477 e. The number of benzene rings is 1. The number of hydrogen-bond donors (Lipinski definition) is 2. The van der Waals surface area contributed by atoms with E-state index in [1.165, 1.54) is 6.07 Å². The number of nitrogens with one attached hydrogen (secondary N) is 1. The highest BCUT2D eigenvalue weighted by molar-refractivity contribution is 5.46. The van der Waals surface area contributed by atoms with Crippen LogP contribution >= 0.6 is 0 Å². The maximum absolute atomic E-state index is 11.5. The van der Waals surface area contributed by atoms with Crippen LogP contribution in [0.4, 0.5) is 5.69 Å². The van der Waals surface area contributed by atoms with E-state index in [0.717, 1.165) is 11.3 Å². The highest BCUT2D eigenvalue weighted by Gasteiger charge is 2.06. The van der Waals surface area contributed by atoms with Gasteiger partial charge in [0, 0.05) is 18.0 Å². The molecule has 2 rings (SSSR count). The highest BCUT2D eigenvalue weighted by Crippen LogP contribution is 2.13. The average molecular weight is 273 g/mol. The normalized spacial score (nSPS) is 10.8. The van der Waals surface area contributed by atoms with Crippen molar-refractivity contribution in [2.45, 2.75) is 26.2 Å². The van der Waals surface area contributed by atoms with Crippen LogP contribution < -0.4 is 16.0 Å². The van der Waals surface area contributed by atoms with Gasteiger partial charge in [-0.3, -0.25) is 4.79 Å². The Balaban J connectivity index is 2.01. The molecule has 3 N–H and O–H groups in total. The second-order valence-electron chi connectivity index (χ2n) is 4.92. The molecule has 0 aliphatic rings. The van der Waals surface area contributed by atoms with Crippen molar-refractivity contribution in [1.29, 1.82) is 0 Å². The number of H-pyrrole nitrogens is 1. The molecule has 0 spiro atoms. The summed E-state index contributed by atoms with van der Waals surface area (Å²) in [6, 6.07) is 9.02. The molecule has 0 aliphatic carbocycles. The monoisotopic (exact) mass is 273 g/mol. The van der Waals surface area contributed by atoms with Gasteiger partial charge in [0.2, 0.25) is 5.88 Å². The van der Waals surface area contributed by atoms with Gasteiger partial charge in [-0.1, -0.05) is 32.0 Å². The average Bonchev–Trinajstić information content (AvgIpc) is 2.40. The van der Waals surface area contributed by atoms with Crippen molar-refractivity contribution in [1.82, 2.24) is 9.97 Å². The third kappa shape index (κ3) is 3.60. The van der Waals surface area contributed by atoms with Crippen LogP contribution in [0.15, 0.2) is 35.1 Å². The second kappa shape index (κ2) is 6.23. The first-order valence-corrected chi connectivity index (χ1v) is 6.63. The van der Waals surface area contributed by atoms with E-state index in [9.17, 15) is 4.79 Å². The van der Waals surface area contributed by atoms with Crippen LogP contribution in [-0.2, 0) is 6.42 Å². The Labute approximate surface area is 117 Å². The molecule has 0 radical (unpaired) electrons. The van der Waals surface area contributed by atoms with Crippen LogP contribution in [0, 0.1) is 0 Å². The number of hydrogen-bond acceptors (Lipinski definition) is 4. The number of rotatable bonds is 5. The van der Waals surface area contributed by atoms with Gasteiger partial charge in [-0.15, -0.1) is 0 Å². The molecule has 2 aromatic rings. The summed E-state index contributed by atoms with van der Waals surface area (Å²) in [5.41, 5.74) is 7.44. The zero-order chi connectivity index (χ0) is 14.5. The zero-order valence-corrected chi connectivity index (χ0v) is 11.7. The third-order valence-corrected chi connectivity index (χ3v) is 2.96. The summed E-state index contributed by atoms with van der Waals surface area (Å²) in [6.45, 7) is 4.36. The molecular weight excluding hydrogens is 254 g/mol. The lowest BCUT2D eigenvalue weighted by molar-refractivity contribution is 0.307. The van der Waals surface area contributed by atoms with Gasteiger partial charge in [0.25, 0.3) is 5.56 Å². The minimum atomic E-state index is -0.196. The third-order valence-electron chi connectivity index (χ3n) is 2.96. The van der Waals surface area contributed by atoms with Crippen LogP contribution in [0.1, 0.15) is 31.2 Å². The molecule has 0 unspecified atom stereocenters. The van der Waals surface area contributed by atoms with Gasteiger partial charge in [0.05, 0.1) is 12.7 Å². The molecule has 20 heavy (non-hydrogen) atoms. The largest absolute Gasteiger partial charge is 0.477 e. The van der Waals surface area contributed by atoms with E-state index in [-0.39, 0.29) is 11.5 Å². The topological polar surface area (TPSA) is 81.0 Å². The van der Waals surface area contributed by atoms with Gasteiger partial charge >= 0.3 is 0 Å². The molecule has 0 amide bonds. The van der Waals surface area contributed by atoms with E-state index in [0.29, 0.717) is 24.7 Å². The minimum absolute atomic E-state index is 0.149. The Morgan fingerprint density at radius 2 is 2.10 bits per heavy atom. The summed E-state index contributed by atoms with van der Waals surface area (Å²) in [6.07, 6.45) is 0.679. The van der Waals surface area contributed by atoms with Gasteiger partial charge < -0.3 is 15.5 Å². The Hall–Kier alpha value is -2.30. The van der Waals surface area contributed by atoms with Crippen molar-refractivity contribution in [3.63, 3.8) is 0 Å². The molecule has 0 aliphatic heterocycles. The van der Waals surface area contributed by atoms with E-state index < -0.39 is 0 Å². The second-order valence-corrected chi connectivity index (χ2v) is 4.92. The van der Waals surface area contributed by atoms with Crippen molar-refractivity contribution < 1.29 is 4.74 Å². The van der Waals surface area contributed by atoms with Crippen molar-refractivity contribution in [2.24, 2.45) is 0 Å². The molecule has 1 aromatic carbocycles.